The summed E-state index contributed by atoms with van der Waals surface area (Å²) in [5, 5.41) is 0. The molecule has 0 bridgehead atoms. The number of rotatable bonds is 10. The fourth-order valence-electron chi connectivity index (χ4n) is 3.43. The molecular formula is C26H29BrN2O2. The van der Waals surface area contributed by atoms with Gasteiger partial charge in [0.05, 0.1) is 11.1 Å². The molecule has 2 aromatic carbocycles. The Labute approximate surface area is 193 Å². The minimum Gasteiger partial charge on any atom is -0.422 e. The van der Waals surface area contributed by atoms with Crippen molar-refractivity contribution in [2.75, 3.05) is 0 Å². The summed E-state index contributed by atoms with van der Waals surface area (Å²) in [6, 6.07) is 13.1. The summed E-state index contributed by atoms with van der Waals surface area (Å²) in [5.74, 6) is 0.607. The van der Waals surface area contributed by atoms with Crippen molar-refractivity contribution in [3.63, 3.8) is 0 Å². The van der Waals surface area contributed by atoms with Crippen molar-refractivity contribution in [2.45, 2.75) is 58.8 Å². The molecule has 0 aliphatic carbocycles. The van der Waals surface area contributed by atoms with Crippen LogP contribution in [0.4, 0.5) is 0 Å². The van der Waals surface area contributed by atoms with Crippen LogP contribution in [0.15, 0.2) is 59.3 Å². The van der Waals surface area contributed by atoms with E-state index in [1.54, 1.807) is 6.07 Å². The maximum absolute atomic E-state index is 12.8. The second-order valence-electron chi connectivity index (χ2n) is 7.67. The van der Waals surface area contributed by atoms with Gasteiger partial charge in [0.1, 0.15) is 5.75 Å². The molecule has 0 amide bonds. The Morgan fingerprint density at radius 3 is 2.42 bits per heavy atom. The summed E-state index contributed by atoms with van der Waals surface area (Å²) in [6.07, 6.45) is 11.5. The van der Waals surface area contributed by atoms with E-state index in [9.17, 15) is 4.79 Å². The lowest BCUT2D eigenvalue weighted by molar-refractivity contribution is 0.0735. The summed E-state index contributed by atoms with van der Waals surface area (Å²) in [4.78, 5) is 21.7. The molecule has 1 aromatic heterocycles. The van der Waals surface area contributed by atoms with Crippen LogP contribution >= 0.6 is 15.9 Å². The average Bonchev–Trinajstić information content (AvgIpc) is 2.79. The van der Waals surface area contributed by atoms with Gasteiger partial charge < -0.3 is 4.74 Å². The van der Waals surface area contributed by atoms with E-state index in [0.29, 0.717) is 22.7 Å². The average molecular weight is 481 g/mol. The first-order valence-electron chi connectivity index (χ1n) is 11.0. The lowest BCUT2D eigenvalue weighted by Crippen LogP contribution is -2.10. The highest BCUT2D eigenvalue weighted by molar-refractivity contribution is 9.10. The zero-order chi connectivity index (χ0) is 22.1. The summed E-state index contributed by atoms with van der Waals surface area (Å²) in [6.45, 7) is 4.34. The Hall–Kier alpha value is -2.53. The van der Waals surface area contributed by atoms with E-state index in [0.717, 1.165) is 35.7 Å². The summed E-state index contributed by atoms with van der Waals surface area (Å²) in [5.41, 5.74) is 3.53. The van der Waals surface area contributed by atoms with Crippen LogP contribution in [-0.4, -0.2) is 15.9 Å². The smallest absolute Gasteiger partial charge is 0.343 e. The van der Waals surface area contributed by atoms with E-state index < -0.39 is 5.97 Å². The molecule has 1 heterocycles. The van der Waals surface area contributed by atoms with Crippen LogP contribution in [-0.2, 0) is 12.8 Å². The number of ether oxygens (including phenoxy) is 1. The number of halogens is 1. The molecular weight excluding hydrogens is 452 g/mol. The maximum Gasteiger partial charge on any atom is 0.343 e. The highest BCUT2D eigenvalue weighted by atomic mass is 79.9. The van der Waals surface area contributed by atoms with Crippen molar-refractivity contribution in [3.05, 3.63) is 76.0 Å². The van der Waals surface area contributed by atoms with E-state index in [1.807, 2.05) is 48.8 Å². The highest BCUT2D eigenvalue weighted by Gasteiger charge is 2.15. The standard InChI is InChI=1S/C26H29BrN2O2/c1-3-5-6-7-11-20-14-15-21(16-23(20)27)26(30)31-24-13-9-8-12-22(24)25-28-17-19(10-4-2)18-29-25/h8-9,12-18H,3-7,10-11H2,1-2H3. The summed E-state index contributed by atoms with van der Waals surface area (Å²) in [7, 11) is 0. The molecule has 0 saturated heterocycles. The van der Waals surface area contributed by atoms with Gasteiger partial charge in [-0.2, -0.15) is 0 Å². The zero-order valence-electron chi connectivity index (χ0n) is 18.2. The normalized spacial score (nSPS) is 10.8. The third kappa shape index (κ3) is 6.47. The number of hydrogen-bond acceptors (Lipinski definition) is 4. The highest BCUT2D eigenvalue weighted by Crippen LogP contribution is 2.28. The summed E-state index contributed by atoms with van der Waals surface area (Å²) >= 11 is 3.61. The van der Waals surface area contributed by atoms with E-state index in [1.165, 1.54) is 24.8 Å². The Bertz CT molecular complexity index is 1000. The fourth-order valence-corrected chi connectivity index (χ4v) is 4.01. The van der Waals surface area contributed by atoms with E-state index in [4.69, 9.17) is 4.74 Å². The molecule has 0 radical (unpaired) electrons. The number of carbonyl (C=O) groups is 1. The van der Waals surface area contributed by atoms with Crippen LogP contribution in [0.5, 0.6) is 5.75 Å². The van der Waals surface area contributed by atoms with E-state index in [-0.39, 0.29) is 0 Å². The SMILES string of the molecule is CCCCCCc1ccc(C(=O)Oc2ccccc2-c2ncc(CCC)cn2)cc1Br. The molecule has 0 atom stereocenters. The molecule has 3 rings (SSSR count). The largest absolute Gasteiger partial charge is 0.422 e. The van der Waals surface area contributed by atoms with E-state index >= 15 is 0 Å². The Kier molecular flexibility index (Phi) is 8.77. The molecule has 0 N–H and O–H groups in total. The molecule has 0 aliphatic heterocycles. The van der Waals surface area contributed by atoms with Gasteiger partial charge in [-0.25, -0.2) is 14.8 Å². The van der Waals surface area contributed by atoms with Crippen molar-refractivity contribution in [3.8, 4) is 17.1 Å². The number of nitrogens with zero attached hydrogens (tertiary/aromatic N) is 2. The van der Waals surface area contributed by atoms with Crippen LogP contribution in [0, 0.1) is 0 Å². The van der Waals surface area contributed by atoms with Crippen LogP contribution < -0.4 is 4.74 Å². The molecule has 5 heteroatoms. The minimum absolute atomic E-state index is 0.395. The molecule has 162 valence electrons. The quantitative estimate of drug-likeness (QED) is 0.175. The molecule has 3 aromatic rings. The number of esters is 1. The van der Waals surface area contributed by atoms with Gasteiger partial charge in [0.2, 0.25) is 0 Å². The number of carbonyl (C=O) groups excluding carboxylic acids is 1. The van der Waals surface area contributed by atoms with Gasteiger partial charge in [0.25, 0.3) is 0 Å². The van der Waals surface area contributed by atoms with Crippen molar-refractivity contribution >= 4 is 21.9 Å². The van der Waals surface area contributed by atoms with Crippen LogP contribution in [0.25, 0.3) is 11.4 Å². The first-order valence-corrected chi connectivity index (χ1v) is 11.8. The Balaban J connectivity index is 1.73. The third-order valence-electron chi connectivity index (χ3n) is 5.16. The second kappa shape index (κ2) is 11.8. The first-order chi connectivity index (χ1) is 15.1. The van der Waals surface area contributed by atoms with Gasteiger partial charge in [-0.15, -0.1) is 0 Å². The molecule has 4 nitrogen and oxygen atoms in total. The Morgan fingerprint density at radius 2 is 1.71 bits per heavy atom. The number of benzene rings is 2. The lowest BCUT2D eigenvalue weighted by atomic mass is 10.0. The molecule has 0 saturated carbocycles. The number of aromatic nitrogens is 2. The van der Waals surface area contributed by atoms with Crippen molar-refractivity contribution in [1.82, 2.24) is 9.97 Å². The van der Waals surface area contributed by atoms with Gasteiger partial charge >= 0.3 is 5.97 Å². The van der Waals surface area contributed by atoms with Gasteiger partial charge in [-0.1, -0.05) is 73.7 Å². The van der Waals surface area contributed by atoms with Crippen molar-refractivity contribution in [2.24, 2.45) is 0 Å². The first kappa shape index (κ1) is 23.1. The number of para-hydroxylation sites is 1. The van der Waals surface area contributed by atoms with Crippen LogP contribution in [0.2, 0.25) is 0 Å². The maximum atomic E-state index is 12.8. The van der Waals surface area contributed by atoms with Crippen molar-refractivity contribution < 1.29 is 9.53 Å². The van der Waals surface area contributed by atoms with Gasteiger partial charge in [-0.05, 0) is 54.7 Å². The molecule has 0 spiro atoms. The number of hydrogen-bond donors (Lipinski definition) is 0. The molecule has 0 unspecified atom stereocenters. The molecule has 31 heavy (non-hydrogen) atoms. The number of aryl methyl sites for hydroxylation is 2. The molecule has 0 aliphatic rings. The topological polar surface area (TPSA) is 52.1 Å². The summed E-state index contributed by atoms with van der Waals surface area (Å²) < 4.78 is 6.68. The Morgan fingerprint density at radius 1 is 0.935 bits per heavy atom. The predicted molar refractivity (Wildman–Crippen MR) is 128 cm³/mol. The van der Waals surface area contributed by atoms with Crippen LogP contribution in [0.3, 0.4) is 0 Å². The lowest BCUT2D eigenvalue weighted by Gasteiger charge is -2.11. The fraction of sp³-hybridized carbons (Fsp3) is 0.346. The zero-order valence-corrected chi connectivity index (χ0v) is 19.8. The number of unbranched alkanes of at least 4 members (excludes halogenated alkanes) is 3. The predicted octanol–water partition coefficient (Wildman–Crippen LogP) is 7.20. The minimum atomic E-state index is -0.395. The van der Waals surface area contributed by atoms with Gasteiger partial charge in [-0.3, -0.25) is 0 Å². The monoisotopic (exact) mass is 480 g/mol. The second-order valence-corrected chi connectivity index (χ2v) is 8.52. The van der Waals surface area contributed by atoms with E-state index in [2.05, 4.69) is 39.7 Å². The molecule has 0 fully saturated rings. The van der Waals surface area contributed by atoms with Gasteiger partial charge in [0.15, 0.2) is 5.82 Å². The van der Waals surface area contributed by atoms with Gasteiger partial charge in [0, 0.05) is 16.9 Å². The van der Waals surface area contributed by atoms with Crippen LogP contribution in [0.1, 0.15) is 67.4 Å². The van der Waals surface area contributed by atoms with Crippen molar-refractivity contribution in [1.29, 1.82) is 0 Å². The third-order valence-corrected chi connectivity index (χ3v) is 5.90.